The van der Waals surface area contributed by atoms with Crippen LogP contribution in [0.25, 0.3) is 0 Å². The second-order valence-corrected chi connectivity index (χ2v) is 7.77. The number of nitrogens with zero attached hydrogens (tertiary/aromatic N) is 2. The van der Waals surface area contributed by atoms with Gasteiger partial charge in [0, 0.05) is 17.8 Å². The van der Waals surface area contributed by atoms with Crippen molar-refractivity contribution in [3.8, 4) is 6.07 Å². The van der Waals surface area contributed by atoms with Crippen LogP contribution in [0.15, 0.2) is 30.3 Å². The summed E-state index contributed by atoms with van der Waals surface area (Å²) >= 11 is 0. The molecule has 3 rings (SSSR count). The van der Waals surface area contributed by atoms with Crippen molar-refractivity contribution in [3.05, 3.63) is 52.7 Å². The first-order valence-electron chi connectivity index (χ1n) is 10.2. The van der Waals surface area contributed by atoms with Gasteiger partial charge >= 0.3 is 0 Å². The second kappa shape index (κ2) is 9.07. The minimum absolute atomic E-state index is 0.0796. The molecule has 148 valence electrons. The molecular weight excluding hydrogens is 348 g/mol. The summed E-state index contributed by atoms with van der Waals surface area (Å²) in [5.74, 6) is 0.553. The van der Waals surface area contributed by atoms with Gasteiger partial charge in [0.1, 0.15) is 11.9 Å². The molecule has 2 aromatic rings. The van der Waals surface area contributed by atoms with E-state index in [0.717, 1.165) is 29.7 Å². The fourth-order valence-corrected chi connectivity index (χ4v) is 4.16. The van der Waals surface area contributed by atoms with Gasteiger partial charge in [0.25, 0.3) is 0 Å². The smallest absolute Gasteiger partial charge is 0.239 e. The highest BCUT2D eigenvalue weighted by molar-refractivity contribution is 5.93. The van der Waals surface area contributed by atoms with E-state index in [0.29, 0.717) is 17.4 Å². The molecule has 1 heterocycles. The van der Waals surface area contributed by atoms with Crippen molar-refractivity contribution < 1.29 is 4.79 Å². The molecule has 0 saturated heterocycles. The van der Waals surface area contributed by atoms with E-state index < -0.39 is 0 Å². The van der Waals surface area contributed by atoms with Gasteiger partial charge < -0.3 is 15.2 Å². The monoisotopic (exact) mass is 378 g/mol. The third kappa shape index (κ3) is 4.28. The van der Waals surface area contributed by atoms with E-state index in [1.54, 1.807) is 0 Å². The highest BCUT2D eigenvalue weighted by atomic mass is 16.2. The Labute approximate surface area is 167 Å². The average molecular weight is 379 g/mol. The molecule has 1 atom stereocenters. The van der Waals surface area contributed by atoms with Crippen LogP contribution in [-0.4, -0.2) is 17.0 Å². The number of anilines is 1. The molecule has 1 saturated carbocycles. The van der Waals surface area contributed by atoms with E-state index in [1.165, 1.54) is 19.3 Å². The third-order valence-electron chi connectivity index (χ3n) is 5.93. The Morgan fingerprint density at radius 3 is 2.54 bits per heavy atom. The van der Waals surface area contributed by atoms with Crippen LogP contribution in [0.2, 0.25) is 0 Å². The van der Waals surface area contributed by atoms with Gasteiger partial charge in [0.15, 0.2) is 0 Å². The molecule has 28 heavy (non-hydrogen) atoms. The van der Waals surface area contributed by atoms with Crippen LogP contribution in [-0.2, 0) is 4.79 Å². The number of nitriles is 1. The molecule has 0 aliphatic heterocycles. The lowest BCUT2D eigenvalue weighted by Gasteiger charge is -2.27. The Kier molecular flexibility index (Phi) is 6.53. The van der Waals surface area contributed by atoms with Crippen LogP contribution < -0.4 is 10.6 Å². The summed E-state index contributed by atoms with van der Waals surface area (Å²) in [4.78, 5) is 12.7. The largest absolute Gasteiger partial charge is 0.327 e. The third-order valence-corrected chi connectivity index (χ3v) is 5.93. The average Bonchev–Trinajstić information content (AvgIpc) is 2.96. The molecule has 0 bridgehead atoms. The van der Waals surface area contributed by atoms with Gasteiger partial charge in [-0.25, -0.2) is 0 Å². The lowest BCUT2D eigenvalue weighted by molar-refractivity contribution is -0.115. The number of benzene rings is 1. The number of carbonyl (C=O) groups is 1. The molecule has 1 aliphatic carbocycles. The summed E-state index contributed by atoms with van der Waals surface area (Å²) in [6.45, 7) is 6.27. The predicted octanol–water partition coefficient (Wildman–Crippen LogP) is 4.77. The maximum atomic E-state index is 12.7. The number of nitrogens with one attached hydrogen (secondary N) is 2. The highest BCUT2D eigenvalue weighted by Gasteiger charge is 2.25. The summed E-state index contributed by atoms with van der Waals surface area (Å²) in [6, 6.07) is 12.8. The van der Waals surface area contributed by atoms with Gasteiger partial charge in [-0.3, -0.25) is 4.79 Å². The van der Waals surface area contributed by atoms with Crippen LogP contribution in [0.5, 0.6) is 0 Å². The highest BCUT2D eigenvalue weighted by Crippen LogP contribution is 2.36. The van der Waals surface area contributed by atoms with Crippen LogP contribution in [0.3, 0.4) is 0 Å². The number of hydrogen-bond donors (Lipinski definition) is 2. The molecule has 2 N–H and O–H groups in total. The summed E-state index contributed by atoms with van der Waals surface area (Å²) in [5, 5.41) is 16.0. The maximum Gasteiger partial charge on any atom is 0.239 e. The number of carbonyl (C=O) groups excluding carboxylic acids is 1. The molecule has 1 aliphatic rings. The minimum Gasteiger partial charge on any atom is -0.327 e. The number of aromatic nitrogens is 1. The van der Waals surface area contributed by atoms with Crippen molar-refractivity contribution in [3.63, 3.8) is 0 Å². The van der Waals surface area contributed by atoms with Crippen LogP contribution in [0, 0.1) is 25.2 Å². The van der Waals surface area contributed by atoms with Gasteiger partial charge in [-0.1, -0.05) is 49.6 Å². The fraction of sp³-hybridized carbons (Fsp3) is 0.478. The Bertz CT molecular complexity index is 857. The van der Waals surface area contributed by atoms with Crippen LogP contribution in [0.4, 0.5) is 5.82 Å². The molecule has 1 aromatic carbocycles. The van der Waals surface area contributed by atoms with Crippen molar-refractivity contribution in [2.24, 2.45) is 0 Å². The van der Waals surface area contributed by atoms with Gasteiger partial charge in [0.05, 0.1) is 12.1 Å². The van der Waals surface area contributed by atoms with Crippen LogP contribution >= 0.6 is 0 Å². The number of rotatable bonds is 6. The standard InChI is InChI=1S/C23H30N4O/c1-16-18(3)27(20-12-8-5-9-13-20)23(21(16)14-24)26-22(28)15-25-17(2)19-10-6-4-7-11-19/h4,6-7,10-11,17,20,25H,5,8-9,12-13,15H2,1-3H3,(H,26,28)/t17-/m0/s1. The quantitative estimate of drug-likeness (QED) is 0.760. The predicted molar refractivity (Wildman–Crippen MR) is 112 cm³/mol. The fourth-order valence-electron chi connectivity index (χ4n) is 4.16. The van der Waals surface area contributed by atoms with Crippen molar-refractivity contribution in [2.45, 2.75) is 65.0 Å². The zero-order chi connectivity index (χ0) is 20.1. The molecule has 5 nitrogen and oxygen atoms in total. The van der Waals surface area contributed by atoms with E-state index in [4.69, 9.17) is 0 Å². The zero-order valence-electron chi connectivity index (χ0n) is 17.1. The van der Waals surface area contributed by atoms with Crippen molar-refractivity contribution in [2.75, 3.05) is 11.9 Å². The molecule has 0 unspecified atom stereocenters. The zero-order valence-corrected chi connectivity index (χ0v) is 17.1. The molecule has 1 fully saturated rings. The Balaban J connectivity index is 1.74. The van der Waals surface area contributed by atoms with Gasteiger partial charge in [0.2, 0.25) is 5.91 Å². The Morgan fingerprint density at radius 1 is 1.21 bits per heavy atom. The summed E-state index contributed by atoms with van der Waals surface area (Å²) in [7, 11) is 0. The van der Waals surface area contributed by atoms with Gasteiger partial charge in [-0.15, -0.1) is 0 Å². The second-order valence-electron chi connectivity index (χ2n) is 7.77. The summed E-state index contributed by atoms with van der Waals surface area (Å²) < 4.78 is 2.20. The minimum atomic E-state index is -0.117. The molecule has 5 heteroatoms. The van der Waals surface area contributed by atoms with Crippen molar-refractivity contribution >= 4 is 11.7 Å². The van der Waals surface area contributed by atoms with Gasteiger partial charge in [-0.05, 0) is 44.7 Å². The normalized spacial score (nSPS) is 15.8. The number of amides is 1. The molecule has 1 amide bonds. The Morgan fingerprint density at radius 2 is 1.89 bits per heavy atom. The first kappa shape index (κ1) is 20.2. The molecule has 0 radical (unpaired) electrons. The Hall–Kier alpha value is -2.58. The maximum absolute atomic E-state index is 12.7. The topological polar surface area (TPSA) is 69.8 Å². The lowest BCUT2D eigenvalue weighted by atomic mass is 9.95. The summed E-state index contributed by atoms with van der Waals surface area (Å²) in [6.07, 6.45) is 5.88. The van der Waals surface area contributed by atoms with Crippen LogP contribution in [0.1, 0.15) is 73.5 Å². The van der Waals surface area contributed by atoms with Crippen molar-refractivity contribution in [1.82, 2.24) is 9.88 Å². The molecule has 1 aromatic heterocycles. The number of hydrogen-bond acceptors (Lipinski definition) is 3. The van der Waals surface area contributed by atoms with E-state index in [2.05, 4.69) is 28.2 Å². The SMILES string of the molecule is Cc1c(C#N)c(NC(=O)CN[C@@H](C)c2ccccc2)n(C2CCCCC2)c1C. The van der Waals surface area contributed by atoms with Crippen molar-refractivity contribution in [1.29, 1.82) is 5.26 Å². The van der Waals surface area contributed by atoms with E-state index in [9.17, 15) is 10.1 Å². The van der Waals surface area contributed by atoms with E-state index in [1.807, 2.05) is 44.2 Å². The van der Waals surface area contributed by atoms with E-state index >= 15 is 0 Å². The molecular formula is C23H30N4O. The lowest BCUT2D eigenvalue weighted by Crippen LogP contribution is -2.31. The summed E-state index contributed by atoms with van der Waals surface area (Å²) in [5.41, 5.74) is 3.79. The molecule has 0 spiro atoms. The first-order chi connectivity index (χ1) is 13.5. The van der Waals surface area contributed by atoms with Gasteiger partial charge in [-0.2, -0.15) is 5.26 Å². The first-order valence-corrected chi connectivity index (χ1v) is 10.2. The van der Waals surface area contributed by atoms with E-state index in [-0.39, 0.29) is 18.5 Å².